The highest BCUT2D eigenvalue weighted by Gasteiger charge is 2.24. The Labute approximate surface area is 112 Å². The van der Waals surface area contributed by atoms with Gasteiger partial charge in [-0.25, -0.2) is 4.39 Å². The van der Waals surface area contributed by atoms with Crippen LogP contribution in [-0.2, 0) is 11.2 Å². The van der Waals surface area contributed by atoms with Gasteiger partial charge in [0.1, 0.15) is 5.82 Å². The lowest BCUT2D eigenvalue weighted by atomic mass is 10.1. The zero-order valence-electron chi connectivity index (χ0n) is 10.3. The summed E-state index contributed by atoms with van der Waals surface area (Å²) in [5.74, 6) is -0.116. The van der Waals surface area contributed by atoms with Crippen LogP contribution in [0.25, 0.3) is 0 Å². The van der Waals surface area contributed by atoms with Crippen LogP contribution in [0, 0.1) is 5.82 Å². The molecule has 1 atom stereocenters. The summed E-state index contributed by atoms with van der Waals surface area (Å²) in [5, 5.41) is 6.87. The molecule has 0 saturated carbocycles. The quantitative estimate of drug-likeness (QED) is 0.646. The number of methoxy groups -OCH3 is 1. The molecule has 1 aromatic rings. The van der Waals surface area contributed by atoms with Crippen molar-refractivity contribution in [1.29, 1.82) is 0 Å². The van der Waals surface area contributed by atoms with Gasteiger partial charge in [-0.05, 0) is 42.3 Å². The van der Waals surface area contributed by atoms with Crippen molar-refractivity contribution in [3.05, 3.63) is 35.1 Å². The molecule has 0 radical (unpaired) electrons. The van der Waals surface area contributed by atoms with E-state index in [-0.39, 0.29) is 11.9 Å². The van der Waals surface area contributed by atoms with Gasteiger partial charge in [-0.1, -0.05) is 12.1 Å². The largest absolute Gasteiger partial charge is 0.383 e. The van der Waals surface area contributed by atoms with E-state index < -0.39 is 0 Å². The Bertz CT molecular complexity index is 439. The molecule has 0 saturated heterocycles. The molecule has 1 aliphatic carbocycles. The lowest BCUT2D eigenvalue weighted by Gasteiger charge is -2.17. The normalized spacial score (nSPS) is 17.3. The molecule has 0 amide bonds. The number of halogens is 1. The van der Waals surface area contributed by atoms with Crippen molar-refractivity contribution in [3.63, 3.8) is 0 Å². The summed E-state index contributed by atoms with van der Waals surface area (Å²) in [4.78, 5) is 0. The highest BCUT2D eigenvalue weighted by atomic mass is 32.1. The summed E-state index contributed by atoms with van der Waals surface area (Å²) in [6.07, 6.45) is 1.64. The standard InChI is InChI=1S/C13H17FN2OS/c1-17-8-7-15-13(18)16-12-6-5-9-10(12)3-2-4-11(9)14/h2-4,12H,5-8H2,1H3,(H2,15,16,18)/t12-/m0/s1. The Hall–Kier alpha value is -1.20. The molecule has 98 valence electrons. The van der Waals surface area contributed by atoms with Crippen LogP contribution in [0.15, 0.2) is 18.2 Å². The second kappa shape index (κ2) is 6.11. The molecule has 0 spiro atoms. The Balaban J connectivity index is 1.93. The molecule has 18 heavy (non-hydrogen) atoms. The molecule has 2 N–H and O–H groups in total. The SMILES string of the molecule is COCCNC(=S)N[C@H]1CCc2c(F)cccc21. The topological polar surface area (TPSA) is 33.3 Å². The molecule has 0 unspecified atom stereocenters. The van der Waals surface area contributed by atoms with Crippen molar-refractivity contribution in [1.82, 2.24) is 10.6 Å². The smallest absolute Gasteiger partial charge is 0.166 e. The Kier molecular flexibility index (Phi) is 4.49. The molecule has 0 aliphatic heterocycles. The molecule has 5 heteroatoms. The predicted octanol–water partition coefficient (Wildman–Crippen LogP) is 1.92. The molecule has 2 rings (SSSR count). The van der Waals surface area contributed by atoms with Crippen LogP contribution in [0.1, 0.15) is 23.6 Å². The highest BCUT2D eigenvalue weighted by molar-refractivity contribution is 7.80. The molecule has 0 aromatic heterocycles. The summed E-state index contributed by atoms with van der Waals surface area (Å²) in [7, 11) is 1.65. The fourth-order valence-electron chi connectivity index (χ4n) is 2.24. The van der Waals surface area contributed by atoms with Gasteiger partial charge in [0.25, 0.3) is 0 Å². The van der Waals surface area contributed by atoms with Crippen molar-refractivity contribution in [2.75, 3.05) is 20.3 Å². The van der Waals surface area contributed by atoms with Gasteiger partial charge in [-0.2, -0.15) is 0 Å². The van der Waals surface area contributed by atoms with Gasteiger partial charge in [-0.3, -0.25) is 0 Å². The maximum absolute atomic E-state index is 13.6. The monoisotopic (exact) mass is 268 g/mol. The first-order chi connectivity index (χ1) is 8.72. The first-order valence-electron chi connectivity index (χ1n) is 6.03. The van der Waals surface area contributed by atoms with Crippen molar-refractivity contribution in [2.45, 2.75) is 18.9 Å². The van der Waals surface area contributed by atoms with E-state index in [1.807, 2.05) is 6.07 Å². The zero-order valence-corrected chi connectivity index (χ0v) is 11.1. The van der Waals surface area contributed by atoms with Crippen LogP contribution in [0.3, 0.4) is 0 Å². The molecular formula is C13H17FN2OS. The average Bonchev–Trinajstić information content (AvgIpc) is 2.74. The Morgan fingerprint density at radius 1 is 1.56 bits per heavy atom. The fraction of sp³-hybridized carbons (Fsp3) is 0.462. The van der Waals surface area contributed by atoms with E-state index in [9.17, 15) is 4.39 Å². The van der Waals surface area contributed by atoms with Gasteiger partial charge < -0.3 is 15.4 Å². The minimum atomic E-state index is -0.116. The fourth-order valence-corrected chi connectivity index (χ4v) is 2.48. The lowest BCUT2D eigenvalue weighted by Crippen LogP contribution is -2.38. The highest BCUT2D eigenvalue weighted by Crippen LogP contribution is 2.32. The number of hydrogen-bond donors (Lipinski definition) is 2. The third-order valence-corrected chi connectivity index (χ3v) is 3.37. The Morgan fingerprint density at radius 3 is 3.17 bits per heavy atom. The van der Waals surface area contributed by atoms with Crippen LogP contribution in [0.4, 0.5) is 4.39 Å². The van der Waals surface area contributed by atoms with Crippen LogP contribution in [-0.4, -0.2) is 25.4 Å². The van der Waals surface area contributed by atoms with Gasteiger partial charge in [0.15, 0.2) is 5.11 Å². The van der Waals surface area contributed by atoms with Gasteiger partial charge in [0, 0.05) is 13.7 Å². The van der Waals surface area contributed by atoms with E-state index in [1.165, 1.54) is 6.07 Å². The number of ether oxygens (including phenoxy) is 1. The summed E-state index contributed by atoms with van der Waals surface area (Å²) < 4.78 is 18.5. The van der Waals surface area contributed by atoms with Gasteiger partial charge in [0.05, 0.1) is 12.6 Å². The third-order valence-electron chi connectivity index (χ3n) is 3.11. The third kappa shape index (κ3) is 2.97. The van der Waals surface area contributed by atoms with Crippen LogP contribution in [0.2, 0.25) is 0 Å². The van der Waals surface area contributed by atoms with E-state index in [0.717, 1.165) is 24.0 Å². The molecule has 1 aliphatic rings. The summed E-state index contributed by atoms with van der Waals surface area (Å²) in [5.41, 5.74) is 1.83. The zero-order chi connectivity index (χ0) is 13.0. The molecular weight excluding hydrogens is 251 g/mol. The predicted molar refractivity (Wildman–Crippen MR) is 73.1 cm³/mol. The lowest BCUT2D eigenvalue weighted by molar-refractivity contribution is 0.204. The molecule has 3 nitrogen and oxygen atoms in total. The number of hydrogen-bond acceptors (Lipinski definition) is 2. The minimum absolute atomic E-state index is 0.109. The second-order valence-corrected chi connectivity index (χ2v) is 4.70. The average molecular weight is 268 g/mol. The van der Waals surface area contributed by atoms with Crippen molar-refractivity contribution in [2.24, 2.45) is 0 Å². The van der Waals surface area contributed by atoms with Crippen LogP contribution in [0.5, 0.6) is 0 Å². The van der Waals surface area contributed by atoms with E-state index in [4.69, 9.17) is 17.0 Å². The minimum Gasteiger partial charge on any atom is -0.383 e. The number of benzene rings is 1. The first kappa shape index (κ1) is 13.2. The maximum atomic E-state index is 13.6. The van der Waals surface area contributed by atoms with Crippen molar-refractivity contribution >= 4 is 17.3 Å². The maximum Gasteiger partial charge on any atom is 0.166 e. The number of thiocarbonyl (C=S) groups is 1. The molecule has 0 bridgehead atoms. The van der Waals surface area contributed by atoms with Crippen molar-refractivity contribution < 1.29 is 9.13 Å². The number of rotatable bonds is 4. The van der Waals surface area contributed by atoms with Crippen LogP contribution < -0.4 is 10.6 Å². The molecule has 1 aromatic carbocycles. The van der Waals surface area contributed by atoms with E-state index in [0.29, 0.717) is 18.3 Å². The number of fused-ring (bicyclic) bond motifs is 1. The van der Waals surface area contributed by atoms with E-state index in [2.05, 4.69) is 10.6 Å². The van der Waals surface area contributed by atoms with Gasteiger partial charge in [0.2, 0.25) is 0 Å². The Morgan fingerprint density at radius 2 is 2.39 bits per heavy atom. The van der Waals surface area contributed by atoms with Gasteiger partial charge in [-0.15, -0.1) is 0 Å². The molecule has 0 fully saturated rings. The van der Waals surface area contributed by atoms with Crippen molar-refractivity contribution in [3.8, 4) is 0 Å². The summed E-state index contributed by atoms with van der Waals surface area (Å²) >= 11 is 5.19. The molecule has 0 heterocycles. The second-order valence-electron chi connectivity index (χ2n) is 4.29. The first-order valence-corrected chi connectivity index (χ1v) is 6.44. The number of nitrogens with one attached hydrogen (secondary N) is 2. The van der Waals surface area contributed by atoms with E-state index in [1.54, 1.807) is 13.2 Å². The van der Waals surface area contributed by atoms with E-state index >= 15 is 0 Å². The summed E-state index contributed by atoms with van der Waals surface area (Å²) in [6, 6.07) is 5.32. The van der Waals surface area contributed by atoms with Gasteiger partial charge >= 0.3 is 0 Å². The van der Waals surface area contributed by atoms with Crippen LogP contribution >= 0.6 is 12.2 Å². The summed E-state index contributed by atoms with van der Waals surface area (Å²) in [6.45, 7) is 1.28.